The standard InChI is InChI=1S/C60H84N10O12S/c1-12-36(6)52(59(79)68(10)45(34(2)3)30-48(82-39(9)71)58-65-44(33-83-58)54(75)64-43(28-37(7)60(80)81)29-40-18-14-13-15-19-40)67-56(77)47-20-16-17-27-70(47,11)32-41-21-23-42(24-22-41)63-53(74)38(8)62-57(78)51(35(4)5)66-55(76)46(31-61)69-49(72)25-26-50(69)73/h13-15,18-19,21-26,33-38,43,45-48,51-52H,12,16-17,20,27-32,61H2,1-11H3,(H5-,62,63,64,66,67,74,75,76,77,78,80,81)/p+1/t36-,37-,38-,43+,45+,46-,47+,48+,51-,52-,70?/m0/s1. The number of nitrogens with zero attached hydrogens (tertiary/aromatic N) is 4. The number of thiazole rings is 1. The molecule has 3 heterocycles. The fourth-order valence-electron chi connectivity index (χ4n) is 10.7. The number of nitrogens with two attached hydrogens (primary N) is 1. The number of hydrogen-bond donors (Lipinski definition) is 7. The van der Waals surface area contributed by atoms with E-state index in [4.69, 9.17) is 10.5 Å². The number of quaternary nitrogens is 1. The molecule has 1 aromatic heterocycles. The molecule has 5 rings (SSSR count). The third-order valence-electron chi connectivity index (χ3n) is 15.8. The van der Waals surface area contributed by atoms with Gasteiger partial charge in [0.15, 0.2) is 12.1 Å². The van der Waals surface area contributed by atoms with Crippen molar-refractivity contribution in [3.8, 4) is 0 Å². The van der Waals surface area contributed by atoms with Gasteiger partial charge in [-0.15, -0.1) is 11.3 Å². The Bertz CT molecular complexity index is 2810. The molecule has 0 bridgehead atoms. The summed E-state index contributed by atoms with van der Waals surface area (Å²) in [7, 11) is 3.71. The van der Waals surface area contributed by atoms with Crippen molar-refractivity contribution in [1.82, 2.24) is 36.1 Å². The van der Waals surface area contributed by atoms with E-state index >= 15 is 0 Å². The Balaban J connectivity index is 1.23. The number of carboxylic acid groups (broad SMARTS) is 1. The maximum atomic E-state index is 14.8. The molecule has 0 aliphatic carbocycles. The van der Waals surface area contributed by atoms with Crippen molar-refractivity contribution in [2.75, 3.05) is 32.5 Å². The molecule has 2 aliphatic rings. The van der Waals surface area contributed by atoms with Crippen LogP contribution in [0.3, 0.4) is 0 Å². The molecule has 1 fully saturated rings. The summed E-state index contributed by atoms with van der Waals surface area (Å²) >= 11 is 1.14. The summed E-state index contributed by atoms with van der Waals surface area (Å²) in [5.74, 6) is -7.56. The second-order valence-electron chi connectivity index (χ2n) is 23.0. The number of nitrogens with one attached hydrogen (secondary N) is 5. The summed E-state index contributed by atoms with van der Waals surface area (Å²) in [6.45, 7) is 16.3. The zero-order valence-electron chi connectivity index (χ0n) is 49.6. The molecule has 0 radical (unpaired) electrons. The van der Waals surface area contributed by atoms with Gasteiger partial charge in [-0.05, 0) is 68.1 Å². The van der Waals surface area contributed by atoms with Crippen LogP contribution in [0.25, 0.3) is 0 Å². The zero-order chi connectivity index (χ0) is 61.5. The van der Waals surface area contributed by atoms with E-state index in [1.807, 2.05) is 77.2 Å². The molecule has 2 aromatic carbocycles. The van der Waals surface area contributed by atoms with E-state index in [9.17, 15) is 53.1 Å². The highest BCUT2D eigenvalue weighted by atomic mass is 32.1. The summed E-state index contributed by atoms with van der Waals surface area (Å²) in [5.41, 5.74) is 8.12. The van der Waals surface area contributed by atoms with E-state index in [2.05, 4.69) is 31.6 Å². The number of carboxylic acids is 1. The van der Waals surface area contributed by atoms with Gasteiger partial charge in [0, 0.05) is 74.2 Å². The molecule has 8 N–H and O–H groups in total. The number of rotatable bonds is 29. The van der Waals surface area contributed by atoms with Crippen molar-refractivity contribution in [1.29, 1.82) is 0 Å². The van der Waals surface area contributed by atoms with Crippen LogP contribution >= 0.6 is 11.3 Å². The number of amides is 8. The molecule has 83 heavy (non-hydrogen) atoms. The van der Waals surface area contributed by atoms with Crippen LogP contribution in [-0.2, 0) is 60.9 Å². The second kappa shape index (κ2) is 30.3. The van der Waals surface area contributed by atoms with Crippen LogP contribution in [0.4, 0.5) is 5.69 Å². The average Bonchev–Trinajstić information content (AvgIpc) is 4.12. The molecule has 2 aliphatic heterocycles. The van der Waals surface area contributed by atoms with E-state index < -0.39 is 108 Å². The number of hydrogen-bond acceptors (Lipinski definition) is 14. The van der Waals surface area contributed by atoms with Crippen LogP contribution in [0.1, 0.15) is 134 Å². The number of likely N-dealkylation sites (tertiary alicyclic amines) is 1. The maximum Gasteiger partial charge on any atom is 0.306 e. The Morgan fingerprint density at radius 2 is 1.47 bits per heavy atom. The predicted molar refractivity (Wildman–Crippen MR) is 313 cm³/mol. The SMILES string of the molecule is CC[C@H](C)[C@H](NC(=O)[C@H]1CCCC[N+]1(C)Cc1ccc(NC(=O)[C@H](C)NC(=O)[C@@H](NC(=O)[C@H](CN)N2C(=O)C=CC2=O)C(C)C)cc1)C(=O)N(C)[C@H](C[C@@H](OC(C)=O)c1nc(C(=O)N[C@@H](Cc2ccccc2)C[C@H](C)C(=O)O)cs1)C(C)C. The number of esters is 1. The van der Waals surface area contributed by atoms with Crippen molar-refractivity contribution in [3.05, 3.63) is 94.0 Å². The van der Waals surface area contributed by atoms with Gasteiger partial charge in [-0.3, -0.25) is 52.8 Å². The molecule has 0 spiro atoms. The number of anilines is 1. The highest BCUT2D eigenvalue weighted by Gasteiger charge is 2.44. The highest BCUT2D eigenvalue weighted by molar-refractivity contribution is 7.09. The molecule has 23 heteroatoms. The summed E-state index contributed by atoms with van der Waals surface area (Å²) in [4.78, 5) is 139. The van der Waals surface area contributed by atoms with E-state index in [1.165, 1.54) is 13.8 Å². The van der Waals surface area contributed by atoms with Crippen molar-refractivity contribution >= 4 is 76.2 Å². The van der Waals surface area contributed by atoms with Gasteiger partial charge in [0.25, 0.3) is 23.6 Å². The van der Waals surface area contributed by atoms with Gasteiger partial charge >= 0.3 is 11.9 Å². The fourth-order valence-corrected chi connectivity index (χ4v) is 11.5. The van der Waals surface area contributed by atoms with Gasteiger partial charge in [-0.2, -0.15) is 0 Å². The van der Waals surface area contributed by atoms with Crippen LogP contribution in [0.2, 0.25) is 0 Å². The minimum atomic E-state index is -1.34. The normalized spacial score (nSPS) is 19.3. The first-order valence-electron chi connectivity index (χ1n) is 28.6. The summed E-state index contributed by atoms with van der Waals surface area (Å²) in [6.07, 6.45) is 4.73. The molecule has 3 aromatic rings. The first-order chi connectivity index (χ1) is 39.2. The van der Waals surface area contributed by atoms with Gasteiger partial charge in [-0.1, -0.05) is 97.4 Å². The molecular formula is C60H85N10O12S+. The number of aliphatic carboxylic acids is 1. The number of piperidine rings is 1. The number of likely N-dealkylation sites (N-methyl/N-ethyl adjacent to an activating group) is 2. The molecule has 1 saturated heterocycles. The van der Waals surface area contributed by atoms with Crippen molar-refractivity contribution in [2.45, 2.75) is 162 Å². The van der Waals surface area contributed by atoms with E-state index in [0.717, 1.165) is 52.4 Å². The van der Waals surface area contributed by atoms with Gasteiger partial charge in [0.05, 0.1) is 19.5 Å². The van der Waals surface area contributed by atoms with Crippen LogP contribution < -0.4 is 32.3 Å². The molecule has 22 nitrogen and oxygen atoms in total. The Hall–Kier alpha value is -7.37. The molecule has 8 amide bonds. The lowest BCUT2D eigenvalue weighted by Gasteiger charge is -2.44. The summed E-state index contributed by atoms with van der Waals surface area (Å²) < 4.78 is 6.22. The van der Waals surface area contributed by atoms with Gasteiger partial charge in [-0.25, -0.2) is 4.98 Å². The van der Waals surface area contributed by atoms with Crippen molar-refractivity contribution in [3.63, 3.8) is 0 Å². The molecule has 0 saturated carbocycles. The van der Waals surface area contributed by atoms with Gasteiger partial charge in [0.2, 0.25) is 23.6 Å². The van der Waals surface area contributed by atoms with Gasteiger partial charge < -0.3 is 51.5 Å². The lowest BCUT2D eigenvalue weighted by molar-refractivity contribution is -0.942. The smallest absolute Gasteiger partial charge is 0.306 e. The lowest BCUT2D eigenvalue weighted by atomic mass is 9.92. The fraction of sp³-hybridized carbons (Fsp3) is 0.550. The average molecular weight is 1170 g/mol. The van der Waals surface area contributed by atoms with Crippen LogP contribution in [0.15, 0.2) is 72.1 Å². The molecule has 452 valence electrons. The van der Waals surface area contributed by atoms with Crippen molar-refractivity contribution < 1.29 is 62.3 Å². The van der Waals surface area contributed by atoms with Crippen molar-refractivity contribution in [2.24, 2.45) is 29.4 Å². The third-order valence-corrected chi connectivity index (χ3v) is 16.7. The Labute approximate surface area is 490 Å². The second-order valence-corrected chi connectivity index (χ2v) is 23.9. The minimum Gasteiger partial charge on any atom is -0.481 e. The number of ether oxygens (including phenoxy) is 1. The quantitative estimate of drug-likeness (QED) is 0.0283. The molecular weight excluding hydrogens is 1080 g/mol. The van der Waals surface area contributed by atoms with E-state index in [1.54, 1.807) is 50.2 Å². The molecule has 1 unspecified atom stereocenters. The topological polar surface area (TPSA) is 306 Å². The third kappa shape index (κ3) is 18.1. The number of imide groups is 1. The Morgan fingerprint density at radius 3 is 2.05 bits per heavy atom. The van der Waals surface area contributed by atoms with E-state index in [-0.39, 0.29) is 48.7 Å². The Morgan fingerprint density at radius 1 is 0.819 bits per heavy atom. The van der Waals surface area contributed by atoms with Gasteiger partial charge in [0.1, 0.15) is 41.4 Å². The largest absolute Gasteiger partial charge is 0.481 e. The number of benzene rings is 2. The molecule has 11 atom stereocenters. The zero-order valence-corrected chi connectivity index (χ0v) is 50.5. The van der Waals surface area contributed by atoms with E-state index in [0.29, 0.717) is 47.5 Å². The number of aromatic nitrogens is 1. The van der Waals surface area contributed by atoms with Crippen LogP contribution in [0, 0.1) is 23.7 Å². The predicted octanol–water partition coefficient (Wildman–Crippen LogP) is 4.64. The number of carbonyl (C=O) groups is 10. The van der Waals surface area contributed by atoms with Crippen LogP contribution in [-0.4, -0.2) is 153 Å². The maximum absolute atomic E-state index is 14.8. The Kier molecular flexibility index (Phi) is 24.2. The highest BCUT2D eigenvalue weighted by Crippen LogP contribution is 2.32. The first kappa shape index (κ1) is 66.4. The summed E-state index contributed by atoms with van der Waals surface area (Å²) in [5, 5.41) is 25.8. The van der Waals surface area contributed by atoms with Crippen LogP contribution in [0.5, 0.6) is 0 Å². The summed E-state index contributed by atoms with van der Waals surface area (Å²) in [6, 6.07) is 10.7. The number of carbonyl (C=O) groups excluding carboxylic acids is 9. The first-order valence-corrected chi connectivity index (χ1v) is 29.4. The lowest BCUT2D eigenvalue weighted by Crippen LogP contribution is -2.63. The minimum absolute atomic E-state index is 0.0804. The monoisotopic (exact) mass is 1170 g/mol.